The zero-order chi connectivity index (χ0) is 16.1. The van der Waals surface area contributed by atoms with Crippen molar-refractivity contribution in [1.82, 2.24) is 14.9 Å². The summed E-state index contributed by atoms with van der Waals surface area (Å²) >= 11 is 0. The van der Waals surface area contributed by atoms with E-state index in [-0.39, 0.29) is 5.91 Å². The van der Waals surface area contributed by atoms with Gasteiger partial charge in [-0.3, -0.25) is 4.79 Å². The van der Waals surface area contributed by atoms with Crippen molar-refractivity contribution in [1.29, 1.82) is 0 Å². The topological polar surface area (TPSA) is 67.4 Å². The average Bonchev–Trinajstić information content (AvgIpc) is 2.62. The van der Waals surface area contributed by atoms with E-state index in [0.29, 0.717) is 44.4 Å². The molecule has 2 aromatic rings. The van der Waals surface area contributed by atoms with Crippen molar-refractivity contribution in [2.75, 3.05) is 31.6 Å². The zero-order valence-corrected chi connectivity index (χ0v) is 13.2. The molecule has 2 heterocycles. The van der Waals surface area contributed by atoms with E-state index in [2.05, 4.69) is 46.5 Å². The molecule has 23 heavy (non-hydrogen) atoms. The van der Waals surface area contributed by atoms with Crippen molar-refractivity contribution in [2.45, 2.75) is 13.5 Å². The number of carbonyl (C=O) groups excluding carboxylic acids is 1. The number of ether oxygens (including phenoxy) is 1. The van der Waals surface area contributed by atoms with E-state index in [1.54, 1.807) is 17.3 Å². The summed E-state index contributed by atoms with van der Waals surface area (Å²) in [5.41, 5.74) is 2.90. The molecule has 0 saturated carbocycles. The molecule has 1 aromatic heterocycles. The molecular weight excluding hydrogens is 292 g/mol. The van der Waals surface area contributed by atoms with Crippen LogP contribution in [0.15, 0.2) is 36.7 Å². The minimum absolute atomic E-state index is 0.0432. The number of anilines is 1. The fourth-order valence-electron chi connectivity index (χ4n) is 2.37. The van der Waals surface area contributed by atoms with Crippen molar-refractivity contribution in [3.63, 3.8) is 0 Å². The molecule has 120 valence electrons. The second-order valence-electron chi connectivity index (χ2n) is 5.54. The lowest BCUT2D eigenvalue weighted by atomic mass is 10.1. The van der Waals surface area contributed by atoms with Gasteiger partial charge in [0.05, 0.1) is 18.8 Å². The van der Waals surface area contributed by atoms with Crippen LogP contribution in [-0.4, -0.2) is 47.1 Å². The van der Waals surface area contributed by atoms with Crippen LogP contribution < -0.4 is 5.32 Å². The lowest BCUT2D eigenvalue weighted by molar-refractivity contribution is 0.0302. The fraction of sp³-hybridized carbons (Fsp3) is 0.353. The van der Waals surface area contributed by atoms with E-state index < -0.39 is 0 Å². The Balaban J connectivity index is 1.58. The zero-order valence-electron chi connectivity index (χ0n) is 13.2. The van der Waals surface area contributed by atoms with Gasteiger partial charge < -0.3 is 15.0 Å². The third-order valence-electron chi connectivity index (χ3n) is 3.77. The number of benzene rings is 1. The van der Waals surface area contributed by atoms with Gasteiger partial charge in [0.15, 0.2) is 0 Å². The Morgan fingerprint density at radius 3 is 2.48 bits per heavy atom. The maximum atomic E-state index is 12.3. The van der Waals surface area contributed by atoms with Crippen molar-refractivity contribution in [3.8, 4) is 0 Å². The molecule has 1 aliphatic rings. The second kappa shape index (κ2) is 7.19. The van der Waals surface area contributed by atoms with E-state index in [1.807, 2.05) is 0 Å². The normalized spacial score (nSPS) is 14.6. The van der Waals surface area contributed by atoms with Crippen LogP contribution in [0.4, 0.5) is 5.95 Å². The fourth-order valence-corrected chi connectivity index (χ4v) is 2.37. The number of aryl methyl sites for hydroxylation is 1. The van der Waals surface area contributed by atoms with Gasteiger partial charge in [-0.2, -0.15) is 0 Å². The molecular formula is C17H20N4O2. The second-order valence-corrected chi connectivity index (χ2v) is 5.54. The average molecular weight is 312 g/mol. The van der Waals surface area contributed by atoms with Gasteiger partial charge in [-0.25, -0.2) is 9.97 Å². The van der Waals surface area contributed by atoms with Gasteiger partial charge in [0.2, 0.25) is 5.95 Å². The highest BCUT2D eigenvalue weighted by molar-refractivity contribution is 5.93. The van der Waals surface area contributed by atoms with Gasteiger partial charge in [0.1, 0.15) is 0 Å². The molecule has 6 heteroatoms. The van der Waals surface area contributed by atoms with E-state index in [1.165, 1.54) is 5.56 Å². The highest BCUT2D eigenvalue weighted by Crippen LogP contribution is 2.09. The number of hydrogen-bond donors (Lipinski definition) is 1. The highest BCUT2D eigenvalue weighted by atomic mass is 16.5. The molecule has 0 unspecified atom stereocenters. The third-order valence-corrected chi connectivity index (χ3v) is 3.77. The summed E-state index contributed by atoms with van der Waals surface area (Å²) in [5, 5.41) is 3.16. The molecule has 1 saturated heterocycles. The van der Waals surface area contributed by atoms with Crippen LogP contribution in [0.1, 0.15) is 21.5 Å². The monoisotopic (exact) mass is 312 g/mol. The maximum Gasteiger partial charge on any atom is 0.257 e. The van der Waals surface area contributed by atoms with E-state index >= 15 is 0 Å². The van der Waals surface area contributed by atoms with Crippen molar-refractivity contribution in [3.05, 3.63) is 53.3 Å². The highest BCUT2D eigenvalue weighted by Gasteiger charge is 2.19. The number of hydrogen-bond acceptors (Lipinski definition) is 5. The standard InChI is InChI=1S/C17H20N4O2/c1-13-2-4-14(5-3-13)10-18-17-19-11-15(12-20-17)16(22)21-6-8-23-9-7-21/h2-5,11-12H,6-10H2,1H3,(H,18,19,20). The molecule has 1 aliphatic heterocycles. The number of nitrogens with one attached hydrogen (secondary N) is 1. The van der Waals surface area contributed by atoms with Crippen molar-refractivity contribution in [2.24, 2.45) is 0 Å². The number of rotatable bonds is 4. The molecule has 1 fully saturated rings. The lowest BCUT2D eigenvalue weighted by Crippen LogP contribution is -2.40. The van der Waals surface area contributed by atoms with Crippen LogP contribution in [0.25, 0.3) is 0 Å². The van der Waals surface area contributed by atoms with Gasteiger partial charge >= 0.3 is 0 Å². The minimum Gasteiger partial charge on any atom is -0.378 e. The molecule has 6 nitrogen and oxygen atoms in total. The molecule has 1 N–H and O–H groups in total. The quantitative estimate of drug-likeness (QED) is 0.933. The van der Waals surface area contributed by atoms with Gasteiger partial charge in [-0.15, -0.1) is 0 Å². The largest absolute Gasteiger partial charge is 0.378 e. The molecule has 0 atom stereocenters. The third kappa shape index (κ3) is 4.04. The molecule has 3 rings (SSSR count). The van der Waals surface area contributed by atoms with Crippen LogP contribution in [0.2, 0.25) is 0 Å². The van der Waals surface area contributed by atoms with Gasteiger partial charge in [-0.05, 0) is 12.5 Å². The summed E-state index contributed by atoms with van der Waals surface area (Å²) in [5.74, 6) is 0.475. The molecule has 0 aliphatic carbocycles. The summed E-state index contributed by atoms with van der Waals surface area (Å²) < 4.78 is 5.25. The Morgan fingerprint density at radius 1 is 1.17 bits per heavy atom. The Hall–Kier alpha value is -2.47. The summed E-state index contributed by atoms with van der Waals surface area (Å²) in [6, 6.07) is 8.28. The number of carbonyl (C=O) groups is 1. The molecule has 0 radical (unpaired) electrons. The molecule has 1 amide bonds. The number of morpholine rings is 1. The molecule has 1 aromatic carbocycles. The first-order valence-corrected chi connectivity index (χ1v) is 7.71. The summed E-state index contributed by atoms with van der Waals surface area (Å²) in [7, 11) is 0. The summed E-state index contributed by atoms with van der Waals surface area (Å²) in [6.07, 6.45) is 3.14. The van der Waals surface area contributed by atoms with E-state index in [0.717, 1.165) is 5.56 Å². The summed E-state index contributed by atoms with van der Waals surface area (Å²) in [4.78, 5) is 22.5. The van der Waals surface area contributed by atoms with Crippen LogP contribution in [0.3, 0.4) is 0 Å². The van der Waals surface area contributed by atoms with Crippen LogP contribution in [0, 0.1) is 6.92 Å². The van der Waals surface area contributed by atoms with Gasteiger partial charge in [0.25, 0.3) is 5.91 Å². The Morgan fingerprint density at radius 2 is 1.83 bits per heavy atom. The lowest BCUT2D eigenvalue weighted by Gasteiger charge is -2.26. The first-order chi connectivity index (χ1) is 11.2. The Kier molecular flexibility index (Phi) is 4.83. The van der Waals surface area contributed by atoms with Gasteiger partial charge in [0, 0.05) is 32.0 Å². The van der Waals surface area contributed by atoms with Crippen molar-refractivity contribution >= 4 is 11.9 Å². The number of aromatic nitrogens is 2. The van der Waals surface area contributed by atoms with Crippen LogP contribution >= 0.6 is 0 Å². The van der Waals surface area contributed by atoms with Crippen LogP contribution in [-0.2, 0) is 11.3 Å². The Labute approximate surface area is 135 Å². The summed E-state index contributed by atoms with van der Waals surface area (Å²) in [6.45, 7) is 5.12. The first-order valence-electron chi connectivity index (χ1n) is 7.71. The predicted molar refractivity (Wildman–Crippen MR) is 87.3 cm³/mol. The minimum atomic E-state index is -0.0432. The smallest absolute Gasteiger partial charge is 0.257 e. The van der Waals surface area contributed by atoms with Gasteiger partial charge in [-0.1, -0.05) is 29.8 Å². The number of nitrogens with zero attached hydrogens (tertiary/aromatic N) is 3. The number of amides is 1. The maximum absolute atomic E-state index is 12.3. The molecule has 0 bridgehead atoms. The van der Waals surface area contributed by atoms with Crippen LogP contribution in [0.5, 0.6) is 0 Å². The van der Waals surface area contributed by atoms with Crippen molar-refractivity contribution < 1.29 is 9.53 Å². The predicted octanol–water partition coefficient (Wildman–Crippen LogP) is 1.87. The first kappa shape index (κ1) is 15.4. The Bertz CT molecular complexity index is 649. The SMILES string of the molecule is Cc1ccc(CNc2ncc(C(=O)N3CCOCC3)cn2)cc1. The van der Waals surface area contributed by atoms with E-state index in [4.69, 9.17) is 4.74 Å². The van der Waals surface area contributed by atoms with E-state index in [9.17, 15) is 4.79 Å². The molecule has 0 spiro atoms.